The number of benzene rings is 1. The number of nitrogens with one attached hydrogen (secondary N) is 2. The molecule has 1 aliphatic heterocycles. The van der Waals surface area contributed by atoms with Gasteiger partial charge in [0.1, 0.15) is 0 Å². The molecule has 0 bridgehead atoms. The van der Waals surface area contributed by atoms with E-state index in [0.29, 0.717) is 6.04 Å². The van der Waals surface area contributed by atoms with Gasteiger partial charge in [0.2, 0.25) is 5.91 Å². The lowest BCUT2D eigenvalue weighted by Crippen LogP contribution is -2.42. The monoisotopic (exact) mass is 288 g/mol. The molecule has 1 saturated heterocycles. The van der Waals surface area contributed by atoms with Gasteiger partial charge < -0.3 is 10.6 Å². The molecule has 1 fully saturated rings. The maximum Gasteiger partial charge on any atom is 0.223 e. The zero-order chi connectivity index (χ0) is 15.4. The summed E-state index contributed by atoms with van der Waals surface area (Å²) in [5.41, 5.74) is 5.34. The van der Waals surface area contributed by atoms with Crippen LogP contribution in [0.25, 0.3) is 0 Å². The molecule has 21 heavy (non-hydrogen) atoms. The number of amides is 1. The summed E-state index contributed by atoms with van der Waals surface area (Å²) in [5, 5.41) is 6.51. The van der Waals surface area contributed by atoms with Crippen molar-refractivity contribution >= 4 is 5.91 Å². The first-order chi connectivity index (χ1) is 9.97. The van der Waals surface area contributed by atoms with Crippen molar-refractivity contribution in [1.82, 2.24) is 10.6 Å². The number of carbonyl (C=O) groups is 1. The van der Waals surface area contributed by atoms with Crippen LogP contribution in [0.3, 0.4) is 0 Å². The van der Waals surface area contributed by atoms with Crippen LogP contribution < -0.4 is 10.6 Å². The van der Waals surface area contributed by atoms with Gasteiger partial charge in [0, 0.05) is 18.5 Å². The first-order valence-electron chi connectivity index (χ1n) is 8.05. The van der Waals surface area contributed by atoms with Crippen molar-refractivity contribution in [2.24, 2.45) is 5.92 Å². The highest BCUT2D eigenvalue weighted by molar-refractivity contribution is 5.78. The second-order valence-corrected chi connectivity index (χ2v) is 6.49. The lowest BCUT2D eigenvalue weighted by molar-refractivity contribution is -0.126. The minimum atomic E-state index is 0.182. The van der Waals surface area contributed by atoms with Gasteiger partial charge in [0.25, 0.3) is 0 Å². The SMILES string of the molecule is Cc1cc(C)c(CCNC(=O)[C@H]2CCN[C@@H](C)C2)c(C)c1. The molecule has 1 amide bonds. The van der Waals surface area contributed by atoms with E-state index in [2.05, 4.69) is 50.5 Å². The third kappa shape index (κ3) is 4.31. The summed E-state index contributed by atoms with van der Waals surface area (Å²) in [6.45, 7) is 10.3. The molecule has 0 saturated carbocycles. The fraction of sp³-hybridized carbons (Fsp3) is 0.611. The molecule has 0 radical (unpaired) electrons. The van der Waals surface area contributed by atoms with Crippen molar-refractivity contribution in [2.75, 3.05) is 13.1 Å². The van der Waals surface area contributed by atoms with E-state index in [9.17, 15) is 4.79 Å². The third-order valence-electron chi connectivity index (χ3n) is 4.51. The van der Waals surface area contributed by atoms with Crippen LogP contribution in [0.5, 0.6) is 0 Å². The van der Waals surface area contributed by atoms with E-state index in [4.69, 9.17) is 0 Å². The molecule has 1 aromatic carbocycles. The largest absolute Gasteiger partial charge is 0.356 e. The standard InChI is InChI=1S/C18H28N2O/c1-12-9-13(2)17(14(3)10-12)6-8-20-18(21)16-5-7-19-15(4)11-16/h9-10,15-16,19H,5-8,11H2,1-4H3,(H,20,21)/t15-,16-/m0/s1. The van der Waals surface area contributed by atoms with Gasteiger partial charge in [0.05, 0.1) is 0 Å². The van der Waals surface area contributed by atoms with Crippen molar-refractivity contribution in [2.45, 2.75) is 53.0 Å². The smallest absolute Gasteiger partial charge is 0.223 e. The Morgan fingerprint density at radius 3 is 2.57 bits per heavy atom. The summed E-state index contributed by atoms with van der Waals surface area (Å²) in [6, 6.07) is 4.90. The maximum absolute atomic E-state index is 12.2. The molecule has 116 valence electrons. The van der Waals surface area contributed by atoms with Crippen molar-refractivity contribution in [3.63, 3.8) is 0 Å². The zero-order valence-electron chi connectivity index (χ0n) is 13.8. The van der Waals surface area contributed by atoms with E-state index in [-0.39, 0.29) is 11.8 Å². The molecule has 0 aliphatic carbocycles. The highest BCUT2D eigenvalue weighted by atomic mass is 16.1. The molecule has 2 atom stereocenters. The van der Waals surface area contributed by atoms with Gasteiger partial charge in [-0.1, -0.05) is 17.7 Å². The molecule has 2 rings (SSSR count). The lowest BCUT2D eigenvalue weighted by atomic mass is 9.92. The van der Waals surface area contributed by atoms with Crippen LogP contribution in [0.4, 0.5) is 0 Å². The van der Waals surface area contributed by atoms with E-state index in [1.54, 1.807) is 0 Å². The van der Waals surface area contributed by atoms with Gasteiger partial charge >= 0.3 is 0 Å². The van der Waals surface area contributed by atoms with E-state index in [0.717, 1.165) is 32.4 Å². The summed E-state index contributed by atoms with van der Waals surface area (Å²) in [6.07, 6.45) is 2.83. The third-order valence-corrected chi connectivity index (χ3v) is 4.51. The Morgan fingerprint density at radius 1 is 1.29 bits per heavy atom. The molecule has 2 N–H and O–H groups in total. The van der Waals surface area contributed by atoms with Gasteiger partial charge in [-0.2, -0.15) is 0 Å². The van der Waals surface area contributed by atoms with Crippen LogP contribution in [-0.4, -0.2) is 25.0 Å². The lowest BCUT2D eigenvalue weighted by Gasteiger charge is -2.27. The molecule has 1 aromatic rings. The fourth-order valence-electron chi connectivity index (χ4n) is 3.43. The van der Waals surface area contributed by atoms with Crippen LogP contribution in [-0.2, 0) is 11.2 Å². The number of hydrogen-bond donors (Lipinski definition) is 2. The summed E-state index contributed by atoms with van der Waals surface area (Å²) < 4.78 is 0. The molecule has 3 nitrogen and oxygen atoms in total. The van der Waals surface area contributed by atoms with Crippen molar-refractivity contribution < 1.29 is 4.79 Å². The number of carbonyl (C=O) groups excluding carboxylic acids is 1. The van der Waals surface area contributed by atoms with Gasteiger partial charge in [0.15, 0.2) is 0 Å². The average molecular weight is 288 g/mol. The number of rotatable bonds is 4. The van der Waals surface area contributed by atoms with Gasteiger partial charge in [-0.3, -0.25) is 4.79 Å². The highest BCUT2D eigenvalue weighted by Gasteiger charge is 2.24. The highest BCUT2D eigenvalue weighted by Crippen LogP contribution is 2.18. The van der Waals surface area contributed by atoms with E-state index in [1.165, 1.54) is 22.3 Å². The maximum atomic E-state index is 12.2. The molecular weight excluding hydrogens is 260 g/mol. The number of aryl methyl sites for hydroxylation is 3. The van der Waals surface area contributed by atoms with E-state index >= 15 is 0 Å². The number of piperidine rings is 1. The second-order valence-electron chi connectivity index (χ2n) is 6.49. The predicted octanol–water partition coefficient (Wildman–Crippen LogP) is 2.66. The Hall–Kier alpha value is -1.35. The molecule has 0 unspecified atom stereocenters. The Labute approximate surface area is 128 Å². The molecule has 3 heteroatoms. The first-order valence-corrected chi connectivity index (χ1v) is 8.05. The second kappa shape index (κ2) is 7.08. The summed E-state index contributed by atoms with van der Waals surface area (Å²) in [5.74, 6) is 0.409. The van der Waals surface area contributed by atoms with Gasteiger partial charge in [-0.05, 0) is 70.2 Å². The Balaban J connectivity index is 1.85. The predicted molar refractivity (Wildman–Crippen MR) is 87.6 cm³/mol. The average Bonchev–Trinajstić information content (AvgIpc) is 2.41. The van der Waals surface area contributed by atoms with Crippen LogP contribution >= 0.6 is 0 Å². The number of hydrogen-bond acceptors (Lipinski definition) is 2. The van der Waals surface area contributed by atoms with E-state index in [1.807, 2.05) is 0 Å². The van der Waals surface area contributed by atoms with Crippen LogP contribution in [0.2, 0.25) is 0 Å². The topological polar surface area (TPSA) is 41.1 Å². The Morgan fingerprint density at radius 2 is 1.95 bits per heavy atom. The van der Waals surface area contributed by atoms with Crippen LogP contribution in [0.1, 0.15) is 42.0 Å². The fourth-order valence-corrected chi connectivity index (χ4v) is 3.43. The first kappa shape index (κ1) is 16.0. The summed E-state index contributed by atoms with van der Waals surface area (Å²) >= 11 is 0. The molecule has 1 aliphatic rings. The minimum absolute atomic E-state index is 0.182. The van der Waals surface area contributed by atoms with Crippen molar-refractivity contribution in [3.8, 4) is 0 Å². The van der Waals surface area contributed by atoms with Crippen molar-refractivity contribution in [1.29, 1.82) is 0 Å². The van der Waals surface area contributed by atoms with E-state index < -0.39 is 0 Å². The molecule has 0 aromatic heterocycles. The Kier molecular flexibility index (Phi) is 5.40. The molecule has 0 spiro atoms. The Bertz CT molecular complexity index is 487. The zero-order valence-corrected chi connectivity index (χ0v) is 13.8. The normalized spacial score (nSPS) is 22.1. The minimum Gasteiger partial charge on any atom is -0.356 e. The van der Waals surface area contributed by atoms with Crippen LogP contribution in [0, 0.1) is 26.7 Å². The summed E-state index contributed by atoms with van der Waals surface area (Å²) in [7, 11) is 0. The summed E-state index contributed by atoms with van der Waals surface area (Å²) in [4.78, 5) is 12.2. The van der Waals surface area contributed by atoms with Gasteiger partial charge in [-0.25, -0.2) is 0 Å². The van der Waals surface area contributed by atoms with Crippen LogP contribution in [0.15, 0.2) is 12.1 Å². The molecular formula is C18H28N2O. The quantitative estimate of drug-likeness (QED) is 0.894. The molecule has 1 heterocycles. The van der Waals surface area contributed by atoms with Crippen molar-refractivity contribution in [3.05, 3.63) is 34.4 Å². The van der Waals surface area contributed by atoms with Gasteiger partial charge in [-0.15, -0.1) is 0 Å².